The van der Waals surface area contributed by atoms with Gasteiger partial charge in [-0.05, 0) is 42.8 Å². The number of carbonyl (C=O) groups is 1. The van der Waals surface area contributed by atoms with Crippen LogP contribution in [0.1, 0.15) is 5.56 Å². The Morgan fingerprint density at radius 1 is 1.08 bits per heavy atom. The molecule has 0 bridgehead atoms. The zero-order chi connectivity index (χ0) is 18.8. The molecule has 0 heterocycles. The van der Waals surface area contributed by atoms with Crippen molar-refractivity contribution in [3.63, 3.8) is 0 Å². The monoisotopic (exact) mass is 420 g/mol. The number of benzene rings is 2. The van der Waals surface area contributed by atoms with Crippen LogP contribution in [0.4, 0.5) is 11.4 Å². The molecule has 0 atom stereocenters. The summed E-state index contributed by atoms with van der Waals surface area (Å²) in [4.78, 5) is 12.3. The molecule has 0 aliphatic rings. The van der Waals surface area contributed by atoms with Crippen LogP contribution >= 0.6 is 34.8 Å². The Kier molecular flexibility index (Phi) is 6.21. The predicted molar refractivity (Wildman–Crippen MR) is 103 cm³/mol. The molecule has 2 aromatic carbocycles. The summed E-state index contributed by atoms with van der Waals surface area (Å²) < 4.78 is 25.1. The molecule has 1 N–H and O–H groups in total. The fourth-order valence-corrected chi connectivity index (χ4v) is 3.64. The zero-order valence-electron chi connectivity index (χ0n) is 13.4. The molecule has 134 valence electrons. The Bertz CT molecular complexity index is 897. The number of amides is 1. The van der Waals surface area contributed by atoms with Crippen LogP contribution in [0.2, 0.25) is 15.1 Å². The molecule has 5 nitrogen and oxygen atoms in total. The third-order valence-corrected chi connectivity index (χ3v) is 5.26. The first kappa shape index (κ1) is 19.8. The molecule has 0 spiro atoms. The van der Waals surface area contributed by atoms with Crippen molar-refractivity contribution in [1.29, 1.82) is 0 Å². The highest BCUT2D eigenvalue weighted by Crippen LogP contribution is 2.25. The standard InChI is InChI=1S/C16H15Cl3N2O3S/c1-10-3-4-14(8-15(10)19)21(25(2,23)24)9-16(22)20-13-6-11(17)5-12(18)7-13/h3-8H,9H2,1-2H3,(H,20,22). The highest BCUT2D eigenvalue weighted by atomic mass is 35.5. The number of hydrogen-bond donors (Lipinski definition) is 1. The molecule has 25 heavy (non-hydrogen) atoms. The molecule has 1 amide bonds. The lowest BCUT2D eigenvalue weighted by Gasteiger charge is -2.22. The minimum atomic E-state index is -3.69. The van der Waals surface area contributed by atoms with E-state index in [4.69, 9.17) is 34.8 Å². The number of aryl methyl sites for hydroxylation is 1. The van der Waals surface area contributed by atoms with Crippen molar-refractivity contribution in [3.8, 4) is 0 Å². The van der Waals surface area contributed by atoms with Gasteiger partial charge in [0.1, 0.15) is 6.54 Å². The van der Waals surface area contributed by atoms with Gasteiger partial charge in [-0.2, -0.15) is 0 Å². The first-order valence-corrected chi connectivity index (χ1v) is 10.0. The van der Waals surface area contributed by atoms with Gasteiger partial charge >= 0.3 is 0 Å². The van der Waals surface area contributed by atoms with Crippen LogP contribution in [0.25, 0.3) is 0 Å². The van der Waals surface area contributed by atoms with Crippen molar-refractivity contribution in [2.45, 2.75) is 6.92 Å². The summed E-state index contributed by atoms with van der Waals surface area (Å²) in [5.41, 5.74) is 1.48. The fourth-order valence-electron chi connectivity index (χ4n) is 2.09. The van der Waals surface area contributed by atoms with Gasteiger partial charge in [-0.15, -0.1) is 0 Å². The smallest absolute Gasteiger partial charge is 0.245 e. The Balaban J connectivity index is 2.25. The topological polar surface area (TPSA) is 66.5 Å². The van der Waals surface area contributed by atoms with E-state index in [-0.39, 0.29) is 0 Å². The van der Waals surface area contributed by atoms with E-state index >= 15 is 0 Å². The van der Waals surface area contributed by atoms with Gasteiger partial charge in [0.25, 0.3) is 0 Å². The quantitative estimate of drug-likeness (QED) is 0.780. The molecule has 0 saturated heterocycles. The van der Waals surface area contributed by atoms with E-state index in [1.807, 2.05) is 0 Å². The van der Waals surface area contributed by atoms with Crippen molar-refractivity contribution >= 4 is 62.1 Å². The lowest BCUT2D eigenvalue weighted by atomic mass is 10.2. The van der Waals surface area contributed by atoms with Crippen LogP contribution < -0.4 is 9.62 Å². The number of hydrogen-bond acceptors (Lipinski definition) is 3. The van der Waals surface area contributed by atoms with E-state index in [9.17, 15) is 13.2 Å². The number of rotatable bonds is 5. The van der Waals surface area contributed by atoms with Crippen LogP contribution in [0, 0.1) is 6.92 Å². The second-order valence-corrected chi connectivity index (χ2v) is 8.60. The van der Waals surface area contributed by atoms with E-state index < -0.39 is 22.5 Å². The Labute approximate surface area is 161 Å². The summed E-state index contributed by atoms with van der Waals surface area (Å²) in [5.74, 6) is -0.541. The third kappa shape index (κ3) is 5.51. The summed E-state index contributed by atoms with van der Waals surface area (Å²) >= 11 is 17.8. The first-order valence-electron chi connectivity index (χ1n) is 7.06. The number of halogens is 3. The third-order valence-electron chi connectivity index (χ3n) is 3.28. The lowest BCUT2D eigenvalue weighted by Crippen LogP contribution is -2.37. The van der Waals surface area contributed by atoms with Crippen LogP contribution in [-0.4, -0.2) is 27.1 Å². The molecule has 2 rings (SSSR count). The van der Waals surface area contributed by atoms with Gasteiger partial charge in [0.05, 0.1) is 11.9 Å². The zero-order valence-corrected chi connectivity index (χ0v) is 16.5. The van der Waals surface area contributed by atoms with Crippen molar-refractivity contribution in [1.82, 2.24) is 0 Å². The van der Waals surface area contributed by atoms with Crippen molar-refractivity contribution < 1.29 is 13.2 Å². The SMILES string of the molecule is Cc1ccc(N(CC(=O)Nc2cc(Cl)cc(Cl)c2)S(C)(=O)=O)cc1Cl. The van der Waals surface area contributed by atoms with E-state index in [1.54, 1.807) is 19.1 Å². The second kappa shape index (κ2) is 7.83. The molecule has 9 heteroatoms. The van der Waals surface area contributed by atoms with Gasteiger partial charge in [-0.1, -0.05) is 40.9 Å². The van der Waals surface area contributed by atoms with Gasteiger partial charge in [0.15, 0.2) is 0 Å². The maximum atomic E-state index is 12.3. The van der Waals surface area contributed by atoms with Crippen molar-refractivity contribution in [3.05, 3.63) is 57.0 Å². The Morgan fingerprint density at radius 2 is 1.68 bits per heavy atom. The molecule has 0 fully saturated rings. The molecular formula is C16H15Cl3N2O3S. The minimum Gasteiger partial charge on any atom is -0.324 e. The maximum absolute atomic E-state index is 12.3. The Morgan fingerprint density at radius 3 is 2.20 bits per heavy atom. The maximum Gasteiger partial charge on any atom is 0.245 e. The molecule has 0 unspecified atom stereocenters. The van der Waals surface area contributed by atoms with Gasteiger partial charge in [0, 0.05) is 20.8 Å². The normalized spacial score (nSPS) is 11.2. The average Bonchev–Trinajstić information content (AvgIpc) is 2.45. The largest absolute Gasteiger partial charge is 0.324 e. The van der Waals surface area contributed by atoms with Gasteiger partial charge in [-0.3, -0.25) is 9.10 Å². The highest BCUT2D eigenvalue weighted by Gasteiger charge is 2.21. The highest BCUT2D eigenvalue weighted by molar-refractivity contribution is 7.92. The Hall–Kier alpha value is -1.47. The summed E-state index contributed by atoms with van der Waals surface area (Å²) in [6.45, 7) is 1.38. The average molecular weight is 422 g/mol. The number of nitrogens with one attached hydrogen (secondary N) is 1. The summed E-state index contributed by atoms with van der Waals surface area (Å²) in [7, 11) is -3.69. The number of anilines is 2. The summed E-state index contributed by atoms with van der Waals surface area (Å²) in [6, 6.07) is 9.32. The summed E-state index contributed by atoms with van der Waals surface area (Å²) in [5, 5.41) is 3.69. The predicted octanol–water partition coefficient (Wildman–Crippen LogP) is 4.36. The number of carbonyl (C=O) groups excluding carboxylic acids is 1. The van der Waals surface area contributed by atoms with Crippen LogP contribution in [0.3, 0.4) is 0 Å². The van der Waals surface area contributed by atoms with Crippen LogP contribution in [0.15, 0.2) is 36.4 Å². The molecule has 0 aliphatic carbocycles. The molecule has 0 aromatic heterocycles. The molecule has 2 aromatic rings. The molecule has 0 aliphatic heterocycles. The van der Waals surface area contributed by atoms with Crippen molar-refractivity contribution in [2.24, 2.45) is 0 Å². The fraction of sp³-hybridized carbons (Fsp3) is 0.188. The second-order valence-electron chi connectivity index (χ2n) is 5.41. The molecule has 0 saturated carbocycles. The number of sulfonamides is 1. The van der Waals surface area contributed by atoms with Crippen LogP contribution in [0.5, 0.6) is 0 Å². The summed E-state index contributed by atoms with van der Waals surface area (Å²) in [6.07, 6.45) is 1.02. The van der Waals surface area contributed by atoms with Crippen LogP contribution in [-0.2, 0) is 14.8 Å². The first-order chi connectivity index (χ1) is 11.6. The van der Waals surface area contributed by atoms with E-state index in [1.165, 1.54) is 24.3 Å². The lowest BCUT2D eigenvalue weighted by molar-refractivity contribution is -0.114. The van der Waals surface area contributed by atoms with E-state index in [0.29, 0.717) is 26.4 Å². The minimum absolute atomic E-state index is 0.303. The van der Waals surface area contributed by atoms with Gasteiger partial charge in [0.2, 0.25) is 15.9 Å². The van der Waals surface area contributed by atoms with Crippen molar-refractivity contribution in [2.75, 3.05) is 22.4 Å². The van der Waals surface area contributed by atoms with E-state index in [2.05, 4.69) is 5.32 Å². The van der Waals surface area contributed by atoms with Gasteiger partial charge in [-0.25, -0.2) is 8.42 Å². The van der Waals surface area contributed by atoms with E-state index in [0.717, 1.165) is 16.1 Å². The number of nitrogens with zero attached hydrogens (tertiary/aromatic N) is 1. The molecule has 0 radical (unpaired) electrons. The molecular weight excluding hydrogens is 407 g/mol. The van der Waals surface area contributed by atoms with Gasteiger partial charge < -0.3 is 5.32 Å².